The molecule has 36 heavy (non-hydrogen) atoms. The minimum atomic E-state index is -4.83. The van der Waals surface area contributed by atoms with Gasteiger partial charge in [0.15, 0.2) is 0 Å². The van der Waals surface area contributed by atoms with Crippen molar-refractivity contribution in [3.63, 3.8) is 0 Å². The summed E-state index contributed by atoms with van der Waals surface area (Å²) in [6.07, 6.45) is 0.377. The summed E-state index contributed by atoms with van der Waals surface area (Å²) >= 11 is 0. The van der Waals surface area contributed by atoms with Gasteiger partial charge in [0.1, 0.15) is 11.8 Å². The molecule has 0 radical (unpaired) electrons. The van der Waals surface area contributed by atoms with Crippen molar-refractivity contribution in [1.82, 2.24) is 10.3 Å². The molecular weight excluding hydrogens is 473 g/mol. The molecule has 2 atom stereocenters. The van der Waals surface area contributed by atoms with Crippen LogP contribution < -0.4 is 19.9 Å². The second-order valence-corrected chi connectivity index (χ2v) is 9.05. The van der Waals surface area contributed by atoms with E-state index in [0.717, 1.165) is 65.1 Å². The minimum absolute atomic E-state index is 0.161. The number of hydrogen-bond donors (Lipinski definition) is 1. The van der Waals surface area contributed by atoms with Crippen molar-refractivity contribution in [2.75, 3.05) is 22.9 Å². The second kappa shape index (κ2) is 9.33. The summed E-state index contributed by atoms with van der Waals surface area (Å²) in [6, 6.07) is 11.0. The number of alkyl halides is 3. The third-order valence-electron chi connectivity index (χ3n) is 6.77. The number of nitrogens with zero attached hydrogens (tertiary/aromatic N) is 3. The Labute approximate surface area is 205 Å². The molecule has 2 saturated heterocycles. The van der Waals surface area contributed by atoms with Crippen LogP contribution in [0.3, 0.4) is 0 Å². The Hall–Kier alpha value is -3.82. The molecule has 2 fully saturated rings. The number of nitrogens with one attached hydrogen (secondary N) is 1. The number of rotatable bonds is 5. The average Bonchev–Trinajstić information content (AvgIpc) is 3.16. The molecule has 2 unspecified atom stereocenters. The van der Waals surface area contributed by atoms with Crippen LogP contribution in [0.15, 0.2) is 54.7 Å². The van der Waals surface area contributed by atoms with Gasteiger partial charge in [0.25, 0.3) is 5.91 Å². The maximum atomic E-state index is 13.3. The molecule has 2 aliphatic rings. The van der Waals surface area contributed by atoms with Crippen LogP contribution in [0, 0.1) is 0 Å². The van der Waals surface area contributed by atoms with E-state index in [9.17, 15) is 22.8 Å². The molecule has 2 aromatic carbocycles. The van der Waals surface area contributed by atoms with E-state index < -0.39 is 30.1 Å². The smallest absolute Gasteiger partial charge is 0.406 e. The van der Waals surface area contributed by atoms with Crippen LogP contribution in [0.5, 0.6) is 5.75 Å². The van der Waals surface area contributed by atoms with E-state index in [-0.39, 0.29) is 11.6 Å². The zero-order valence-corrected chi connectivity index (χ0v) is 19.6. The average molecular weight is 499 g/mol. The first-order valence-electron chi connectivity index (χ1n) is 11.9. The lowest BCUT2D eigenvalue weighted by molar-refractivity contribution is -0.274. The zero-order valence-electron chi connectivity index (χ0n) is 19.6. The maximum Gasteiger partial charge on any atom is 0.573 e. The molecule has 3 amide bonds. The summed E-state index contributed by atoms with van der Waals surface area (Å²) in [4.78, 5) is 34.0. The number of halogens is 3. The summed E-state index contributed by atoms with van der Waals surface area (Å²) in [5, 5.41) is 3.66. The van der Waals surface area contributed by atoms with Gasteiger partial charge in [-0.3, -0.25) is 9.78 Å². The van der Waals surface area contributed by atoms with E-state index in [4.69, 9.17) is 0 Å². The van der Waals surface area contributed by atoms with Gasteiger partial charge in [-0.1, -0.05) is 19.1 Å². The van der Waals surface area contributed by atoms with Crippen LogP contribution in [-0.4, -0.2) is 42.4 Å². The number of hydrogen-bond acceptors (Lipinski definition) is 5. The molecule has 1 aromatic heterocycles. The number of carbonyl (C=O) groups is 2. The van der Waals surface area contributed by atoms with Gasteiger partial charge in [0.2, 0.25) is 0 Å². The van der Waals surface area contributed by atoms with Crippen molar-refractivity contribution in [3.05, 3.63) is 60.3 Å². The van der Waals surface area contributed by atoms with Crippen LogP contribution in [0.4, 0.5) is 29.3 Å². The van der Waals surface area contributed by atoms with Gasteiger partial charge < -0.3 is 15.0 Å². The molecule has 3 aromatic rings. The summed E-state index contributed by atoms with van der Waals surface area (Å²) in [5.74, 6) is -1.29. The number of urea groups is 1. The Balaban J connectivity index is 1.41. The van der Waals surface area contributed by atoms with Crippen molar-refractivity contribution in [1.29, 1.82) is 0 Å². The SMILES string of the molecule is CC(c1ccnc2c(N3CCCCC3)cccc12)C1NC(=O)N(c2ccc(OC(F)(F)F)cc2)C1=O. The molecule has 5 rings (SSSR count). The molecule has 188 valence electrons. The number of aromatic nitrogens is 1. The number of imide groups is 1. The highest BCUT2D eigenvalue weighted by atomic mass is 19.4. The Morgan fingerprint density at radius 2 is 1.75 bits per heavy atom. The molecule has 0 bridgehead atoms. The molecule has 2 aliphatic heterocycles. The Kier molecular flexibility index (Phi) is 6.19. The molecule has 7 nitrogen and oxygen atoms in total. The van der Waals surface area contributed by atoms with E-state index in [2.05, 4.69) is 26.0 Å². The number of ether oxygens (including phenoxy) is 1. The predicted octanol–water partition coefficient (Wildman–Crippen LogP) is 5.35. The lowest BCUT2D eigenvalue weighted by Gasteiger charge is -2.30. The van der Waals surface area contributed by atoms with Crippen LogP contribution in [-0.2, 0) is 4.79 Å². The van der Waals surface area contributed by atoms with Crippen LogP contribution >= 0.6 is 0 Å². The number of pyridine rings is 1. The number of anilines is 2. The summed E-state index contributed by atoms with van der Waals surface area (Å²) in [7, 11) is 0. The highest BCUT2D eigenvalue weighted by Crippen LogP contribution is 2.35. The largest absolute Gasteiger partial charge is 0.573 e. The molecule has 1 N–H and O–H groups in total. The molecule has 0 spiro atoms. The molecule has 3 heterocycles. The first-order chi connectivity index (χ1) is 17.2. The monoisotopic (exact) mass is 498 g/mol. The number of piperidine rings is 1. The molecule has 0 aliphatic carbocycles. The highest BCUT2D eigenvalue weighted by Gasteiger charge is 2.43. The van der Waals surface area contributed by atoms with Gasteiger partial charge in [0.05, 0.1) is 16.9 Å². The van der Waals surface area contributed by atoms with E-state index in [1.54, 1.807) is 6.20 Å². The van der Waals surface area contributed by atoms with Crippen molar-refractivity contribution in [2.24, 2.45) is 0 Å². The van der Waals surface area contributed by atoms with E-state index in [0.29, 0.717) is 0 Å². The van der Waals surface area contributed by atoms with E-state index in [1.165, 1.54) is 18.6 Å². The number of para-hydroxylation sites is 1. The van der Waals surface area contributed by atoms with Crippen molar-refractivity contribution in [3.8, 4) is 5.75 Å². The van der Waals surface area contributed by atoms with Gasteiger partial charge in [0, 0.05) is 30.6 Å². The zero-order chi connectivity index (χ0) is 25.4. The van der Waals surface area contributed by atoms with E-state index in [1.807, 2.05) is 25.1 Å². The summed E-state index contributed by atoms with van der Waals surface area (Å²) < 4.78 is 41.2. The van der Waals surface area contributed by atoms with Crippen molar-refractivity contribution in [2.45, 2.75) is 44.5 Å². The van der Waals surface area contributed by atoms with Gasteiger partial charge in [-0.2, -0.15) is 0 Å². The van der Waals surface area contributed by atoms with E-state index >= 15 is 0 Å². The fourth-order valence-electron chi connectivity index (χ4n) is 5.03. The maximum absolute atomic E-state index is 13.3. The molecule has 10 heteroatoms. The van der Waals surface area contributed by atoms with Crippen LogP contribution in [0.2, 0.25) is 0 Å². The minimum Gasteiger partial charge on any atom is -0.406 e. The van der Waals surface area contributed by atoms with Gasteiger partial charge >= 0.3 is 12.4 Å². The first-order valence-corrected chi connectivity index (χ1v) is 11.9. The lowest BCUT2D eigenvalue weighted by atomic mass is 9.90. The fraction of sp³-hybridized carbons (Fsp3) is 0.346. The molecule has 0 saturated carbocycles. The third kappa shape index (κ3) is 4.55. The van der Waals surface area contributed by atoms with Gasteiger partial charge in [-0.05, 0) is 61.2 Å². The highest BCUT2D eigenvalue weighted by molar-refractivity contribution is 6.21. The standard InChI is InChI=1S/C26H25F3N4O3/c1-16(19-12-13-30-23-20(19)6-5-7-21(23)32-14-3-2-4-15-32)22-24(34)33(25(35)31-22)17-8-10-18(11-9-17)36-26(27,28)29/h5-13,16,22H,2-4,14-15H2,1H3,(H,31,35). The number of amides is 3. The number of benzene rings is 2. The molecular formula is C26H25F3N4O3. The summed E-state index contributed by atoms with van der Waals surface area (Å²) in [5.41, 5.74) is 2.96. The Bertz CT molecular complexity index is 1290. The second-order valence-electron chi connectivity index (χ2n) is 9.05. The van der Waals surface area contributed by atoms with Crippen molar-refractivity contribution >= 4 is 34.2 Å². The van der Waals surface area contributed by atoms with Gasteiger partial charge in [-0.15, -0.1) is 13.2 Å². The van der Waals surface area contributed by atoms with Crippen molar-refractivity contribution < 1.29 is 27.5 Å². The normalized spacial score (nSPS) is 19.5. The topological polar surface area (TPSA) is 74.8 Å². The number of fused-ring (bicyclic) bond motifs is 1. The fourth-order valence-corrected chi connectivity index (χ4v) is 5.03. The number of carbonyl (C=O) groups excluding carboxylic acids is 2. The van der Waals surface area contributed by atoms with Crippen LogP contribution in [0.1, 0.15) is 37.7 Å². The summed E-state index contributed by atoms with van der Waals surface area (Å²) in [6.45, 7) is 3.81. The third-order valence-corrected chi connectivity index (χ3v) is 6.77. The first kappa shape index (κ1) is 23.9. The predicted molar refractivity (Wildman–Crippen MR) is 129 cm³/mol. The Morgan fingerprint density at radius 3 is 2.44 bits per heavy atom. The lowest BCUT2D eigenvalue weighted by Crippen LogP contribution is -2.35. The van der Waals surface area contributed by atoms with Gasteiger partial charge in [-0.25, -0.2) is 9.69 Å². The van der Waals surface area contributed by atoms with Crippen LogP contribution in [0.25, 0.3) is 10.9 Å². The Morgan fingerprint density at radius 1 is 1.03 bits per heavy atom. The quantitative estimate of drug-likeness (QED) is 0.480.